The molecular weight excluding hydrogens is 316 g/mol. The first-order chi connectivity index (χ1) is 9.85. The van der Waals surface area contributed by atoms with Crippen LogP contribution in [0, 0.1) is 0 Å². The van der Waals surface area contributed by atoms with Crippen LogP contribution in [-0.2, 0) is 14.8 Å². The van der Waals surface area contributed by atoms with Crippen molar-refractivity contribution in [1.29, 1.82) is 0 Å². The van der Waals surface area contributed by atoms with Crippen LogP contribution in [0.1, 0.15) is 22.2 Å². The van der Waals surface area contributed by atoms with Crippen LogP contribution in [0.4, 0.5) is 0 Å². The molecule has 0 aliphatic heterocycles. The van der Waals surface area contributed by atoms with E-state index in [9.17, 15) is 18.0 Å². The second-order valence-corrected chi connectivity index (χ2v) is 6.79. The second kappa shape index (κ2) is 7.91. The van der Waals surface area contributed by atoms with E-state index in [0.717, 1.165) is 17.4 Å². The first kappa shape index (κ1) is 17.3. The molecule has 9 heteroatoms. The minimum atomic E-state index is -3.38. The van der Waals surface area contributed by atoms with Crippen molar-refractivity contribution in [2.24, 2.45) is 0 Å². The Labute approximate surface area is 126 Å². The molecule has 1 rings (SSSR count). The summed E-state index contributed by atoms with van der Waals surface area (Å²) in [5.74, 6) is -1.75. The number of aliphatic carboxylic acids is 1. The minimum absolute atomic E-state index is 0.0197. The third kappa shape index (κ3) is 6.06. The van der Waals surface area contributed by atoms with Gasteiger partial charge in [0.25, 0.3) is 5.91 Å². The first-order valence-electron chi connectivity index (χ1n) is 6.09. The summed E-state index contributed by atoms with van der Waals surface area (Å²) in [7, 11) is -3.38. The number of nitrogens with one attached hydrogen (secondary N) is 2. The molecule has 0 fully saturated rings. The van der Waals surface area contributed by atoms with E-state index in [4.69, 9.17) is 5.11 Å². The van der Waals surface area contributed by atoms with Crippen LogP contribution in [0.25, 0.3) is 6.08 Å². The van der Waals surface area contributed by atoms with Crippen LogP contribution in [0.3, 0.4) is 0 Å². The smallest absolute Gasteiger partial charge is 0.328 e. The molecule has 7 nitrogen and oxygen atoms in total. The number of rotatable bonds is 8. The summed E-state index contributed by atoms with van der Waals surface area (Å²) < 4.78 is 25.1. The molecule has 0 unspecified atom stereocenters. The maximum absolute atomic E-state index is 11.9. The Morgan fingerprint density at radius 1 is 1.43 bits per heavy atom. The zero-order valence-corrected chi connectivity index (χ0v) is 13.0. The number of carbonyl (C=O) groups excluding carboxylic acids is 1. The molecule has 0 spiro atoms. The van der Waals surface area contributed by atoms with Crippen LogP contribution in [0.15, 0.2) is 17.5 Å². The molecule has 1 aromatic heterocycles. The molecule has 3 N–H and O–H groups in total. The van der Waals surface area contributed by atoms with E-state index in [1.807, 2.05) is 0 Å². The van der Waals surface area contributed by atoms with Crippen LogP contribution in [0.5, 0.6) is 0 Å². The molecule has 21 heavy (non-hydrogen) atoms. The number of amides is 1. The molecule has 116 valence electrons. The van der Waals surface area contributed by atoms with Crippen molar-refractivity contribution in [2.45, 2.75) is 6.92 Å². The maximum atomic E-state index is 11.9. The van der Waals surface area contributed by atoms with Gasteiger partial charge in [-0.15, -0.1) is 11.3 Å². The van der Waals surface area contributed by atoms with E-state index in [2.05, 4.69) is 10.0 Å². The average Bonchev–Trinajstić information content (AvgIpc) is 2.84. The van der Waals surface area contributed by atoms with Gasteiger partial charge in [0.15, 0.2) is 0 Å². The van der Waals surface area contributed by atoms with Crippen molar-refractivity contribution in [3.63, 3.8) is 0 Å². The third-order valence-electron chi connectivity index (χ3n) is 2.33. The van der Waals surface area contributed by atoms with E-state index in [-0.39, 0.29) is 12.3 Å². The molecule has 0 bridgehead atoms. The van der Waals surface area contributed by atoms with Crippen LogP contribution in [-0.4, -0.2) is 44.2 Å². The van der Waals surface area contributed by atoms with Crippen molar-refractivity contribution in [3.8, 4) is 0 Å². The number of hydrogen-bond donors (Lipinski definition) is 3. The standard InChI is InChI=1S/C12H16N2O5S2/c1-2-14-21(18,19)8-6-13-12(17)11-9(5-7-20-11)3-4-10(15)16/h3-5,7,14H,2,6,8H2,1H3,(H,13,17)(H,15,16)/b4-3+. The normalized spacial score (nSPS) is 11.7. The number of carboxylic acid groups (broad SMARTS) is 1. The van der Waals surface area contributed by atoms with Gasteiger partial charge in [0, 0.05) is 19.2 Å². The fourth-order valence-electron chi connectivity index (χ4n) is 1.47. The lowest BCUT2D eigenvalue weighted by Crippen LogP contribution is -2.34. The highest BCUT2D eigenvalue weighted by atomic mass is 32.2. The maximum Gasteiger partial charge on any atom is 0.328 e. The quantitative estimate of drug-likeness (QED) is 0.601. The van der Waals surface area contributed by atoms with Gasteiger partial charge in [-0.05, 0) is 23.1 Å². The van der Waals surface area contributed by atoms with E-state index in [1.165, 1.54) is 6.08 Å². The highest BCUT2D eigenvalue weighted by molar-refractivity contribution is 7.89. The molecule has 1 heterocycles. The van der Waals surface area contributed by atoms with Gasteiger partial charge in [0.1, 0.15) is 0 Å². The Balaban J connectivity index is 2.61. The van der Waals surface area contributed by atoms with Crippen LogP contribution in [0.2, 0.25) is 0 Å². The number of carboxylic acids is 1. The minimum Gasteiger partial charge on any atom is -0.478 e. The summed E-state index contributed by atoms with van der Waals surface area (Å²) in [6, 6.07) is 1.62. The van der Waals surface area contributed by atoms with Crippen LogP contribution < -0.4 is 10.0 Å². The Bertz CT molecular complexity index is 634. The average molecular weight is 332 g/mol. The predicted molar refractivity (Wildman–Crippen MR) is 80.8 cm³/mol. The van der Waals surface area contributed by atoms with Crippen molar-refractivity contribution in [1.82, 2.24) is 10.0 Å². The second-order valence-electron chi connectivity index (χ2n) is 3.95. The monoisotopic (exact) mass is 332 g/mol. The van der Waals surface area contributed by atoms with Crippen molar-refractivity contribution in [3.05, 3.63) is 28.0 Å². The summed E-state index contributed by atoms with van der Waals surface area (Å²) in [5.41, 5.74) is 0.481. The topological polar surface area (TPSA) is 113 Å². The van der Waals surface area contributed by atoms with Crippen molar-refractivity contribution >= 4 is 39.3 Å². The van der Waals surface area contributed by atoms with Crippen molar-refractivity contribution < 1.29 is 23.1 Å². The summed E-state index contributed by atoms with van der Waals surface area (Å²) >= 11 is 1.16. The predicted octanol–water partition coefficient (Wildman–Crippen LogP) is 0.515. The van der Waals surface area contributed by atoms with E-state index < -0.39 is 21.9 Å². The van der Waals surface area contributed by atoms with E-state index in [0.29, 0.717) is 17.0 Å². The molecule has 0 aliphatic carbocycles. The Morgan fingerprint density at radius 3 is 2.76 bits per heavy atom. The SMILES string of the molecule is CCNS(=O)(=O)CCNC(=O)c1sccc1/C=C/C(=O)O. The summed E-state index contributed by atoms with van der Waals surface area (Å²) in [6.45, 7) is 1.95. The van der Waals surface area contributed by atoms with Gasteiger partial charge in [-0.1, -0.05) is 6.92 Å². The van der Waals surface area contributed by atoms with Gasteiger partial charge in [-0.2, -0.15) is 0 Å². The fraction of sp³-hybridized carbons (Fsp3) is 0.333. The number of carbonyl (C=O) groups is 2. The molecule has 0 radical (unpaired) electrons. The Kier molecular flexibility index (Phi) is 6.53. The number of thiophene rings is 1. The van der Waals surface area contributed by atoms with Gasteiger partial charge in [0.2, 0.25) is 10.0 Å². The summed E-state index contributed by atoms with van der Waals surface area (Å²) in [6.07, 6.45) is 2.26. The third-order valence-corrected chi connectivity index (χ3v) is 4.73. The molecule has 0 aromatic carbocycles. The first-order valence-corrected chi connectivity index (χ1v) is 8.63. The van der Waals surface area contributed by atoms with Gasteiger partial charge in [-0.3, -0.25) is 4.79 Å². The number of hydrogen-bond acceptors (Lipinski definition) is 5. The van der Waals surface area contributed by atoms with Gasteiger partial charge in [-0.25, -0.2) is 17.9 Å². The van der Waals surface area contributed by atoms with Gasteiger partial charge < -0.3 is 10.4 Å². The molecule has 1 amide bonds. The Hall–Kier alpha value is -1.71. The van der Waals surface area contributed by atoms with Gasteiger partial charge >= 0.3 is 5.97 Å². The molecule has 0 atom stereocenters. The lowest BCUT2D eigenvalue weighted by atomic mass is 10.2. The van der Waals surface area contributed by atoms with E-state index in [1.54, 1.807) is 18.4 Å². The Morgan fingerprint density at radius 2 is 2.14 bits per heavy atom. The lowest BCUT2D eigenvalue weighted by molar-refractivity contribution is -0.131. The highest BCUT2D eigenvalue weighted by Crippen LogP contribution is 2.18. The largest absolute Gasteiger partial charge is 0.478 e. The summed E-state index contributed by atoms with van der Waals surface area (Å²) in [4.78, 5) is 22.7. The molecule has 0 saturated heterocycles. The van der Waals surface area contributed by atoms with Crippen molar-refractivity contribution in [2.75, 3.05) is 18.8 Å². The molecule has 1 aromatic rings. The zero-order valence-electron chi connectivity index (χ0n) is 11.3. The number of sulfonamides is 1. The van der Waals surface area contributed by atoms with Gasteiger partial charge in [0.05, 0.1) is 10.6 Å². The fourth-order valence-corrected chi connectivity index (χ4v) is 3.22. The lowest BCUT2D eigenvalue weighted by Gasteiger charge is -2.06. The highest BCUT2D eigenvalue weighted by Gasteiger charge is 2.13. The van der Waals surface area contributed by atoms with Crippen LogP contribution >= 0.6 is 11.3 Å². The zero-order chi connectivity index (χ0) is 15.9. The molecular formula is C12H16N2O5S2. The summed E-state index contributed by atoms with van der Waals surface area (Å²) in [5, 5.41) is 12.7. The molecule has 0 saturated carbocycles. The van der Waals surface area contributed by atoms with E-state index >= 15 is 0 Å². The molecule has 0 aliphatic rings.